The number of rotatable bonds is 6. The van der Waals surface area contributed by atoms with Crippen molar-refractivity contribution in [2.45, 2.75) is 20.0 Å². The smallest absolute Gasteiger partial charge is 0.221 e. The number of aliphatic hydroxyl groups is 1. The molecule has 0 saturated heterocycles. The molecule has 0 aliphatic carbocycles. The van der Waals surface area contributed by atoms with Crippen LogP contribution >= 0.6 is 11.6 Å². The molecule has 0 radical (unpaired) electrons. The van der Waals surface area contributed by atoms with E-state index in [0.29, 0.717) is 35.4 Å². The summed E-state index contributed by atoms with van der Waals surface area (Å²) in [4.78, 5) is 19.2. The second-order valence-electron chi connectivity index (χ2n) is 5.62. The lowest BCUT2D eigenvalue weighted by molar-refractivity contribution is -0.110. The second kappa shape index (κ2) is 15.0. The van der Waals surface area contributed by atoms with Gasteiger partial charge < -0.3 is 10.4 Å². The van der Waals surface area contributed by atoms with Crippen molar-refractivity contribution in [3.05, 3.63) is 63.9 Å². The highest BCUT2D eigenvalue weighted by molar-refractivity contribution is 6.32. The molecule has 2 aromatic carbocycles. The van der Waals surface area contributed by atoms with E-state index in [4.69, 9.17) is 22.0 Å². The van der Waals surface area contributed by atoms with E-state index in [1.807, 2.05) is 13.0 Å². The summed E-state index contributed by atoms with van der Waals surface area (Å²) in [6, 6.07) is 10.9. The topological polar surface area (TPSA) is 114 Å². The van der Waals surface area contributed by atoms with Crippen LogP contribution in [-0.4, -0.2) is 37.5 Å². The molecule has 0 aliphatic heterocycles. The van der Waals surface area contributed by atoms with Crippen molar-refractivity contribution in [1.82, 2.24) is 10.9 Å². The summed E-state index contributed by atoms with van der Waals surface area (Å²) in [5.41, 5.74) is 7.22. The Morgan fingerprint density at radius 3 is 2.28 bits per heavy atom. The monoisotopic (exact) mass is 422 g/mol. The zero-order chi connectivity index (χ0) is 22.2. The van der Waals surface area contributed by atoms with Crippen LogP contribution in [0.15, 0.2) is 36.4 Å². The molecular weight excluding hydrogens is 399 g/mol. The van der Waals surface area contributed by atoms with Gasteiger partial charge in [0.1, 0.15) is 18.2 Å². The third kappa shape index (κ3) is 10.8. The summed E-state index contributed by atoms with van der Waals surface area (Å²) in [6.07, 6.45) is 0.832. The maximum absolute atomic E-state index is 12.1. The van der Waals surface area contributed by atoms with Crippen LogP contribution in [0.5, 0.6) is 0 Å². The van der Waals surface area contributed by atoms with Gasteiger partial charge in [-0.25, -0.2) is 9.82 Å². The molecule has 2 aromatic rings. The lowest BCUT2D eigenvalue weighted by atomic mass is 10.1. The van der Waals surface area contributed by atoms with E-state index >= 15 is 0 Å². The maximum atomic E-state index is 12.1. The fourth-order valence-electron chi connectivity index (χ4n) is 1.82. The Labute approximate surface area is 174 Å². The minimum Gasteiger partial charge on any atom is -0.392 e. The minimum absolute atomic E-state index is 0.319. The summed E-state index contributed by atoms with van der Waals surface area (Å²) in [7, 11) is 1.62. The summed E-state index contributed by atoms with van der Waals surface area (Å²) in [5, 5.41) is 21.4. The number of benzene rings is 2. The van der Waals surface area contributed by atoms with Crippen molar-refractivity contribution in [3.8, 4) is 6.07 Å². The van der Waals surface area contributed by atoms with Crippen LogP contribution in [0, 0.1) is 24.1 Å². The SMILES string of the molecule is CNNC=O.Cc1c(NCC(C)O)ccc(C#N)c1Cl.O=Cc1ccc(F)cc1. The number of hydrogen-bond donors (Lipinski definition) is 4. The standard InChI is InChI=1S/C11H13ClN2O.C7H5FO.C2H6N2O/c1-7(15)6-14-10-4-3-9(5-13)11(12)8(10)2;8-7-3-1-6(5-9)2-4-7;1-3-4-2-5/h3-4,7,14-15H,6H2,1-2H3;1-5H;2-3H,1H3,(H,4,5). The molecule has 4 N–H and O–H groups in total. The number of hydrogen-bond acceptors (Lipinski definition) is 6. The number of nitriles is 1. The van der Waals surface area contributed by atoms with Crippen LogP contribution in [0.1, 0.15) is 28.4 Å². The number of anilines is 1. The van der Waals surface area contributed by atoms with Crippen LogP contribution in [-0.2, 0) is 4.79 Å². The molecule has 1 unspecified atom stereocenters. The first-order chi connectivity index (χ1) is 13.8. The molecule has 0 aromatic heterocycles. The average Bonchev–Trinajstić information content (AvgIpc) is 2.71. The average molecular weight is 423 g/mol. The summed E-state index contributed by atoms with van der Waals surface area (Å²) in [6.45, 7) is 4.00. The van der Waals surface area contributed by atoms with Gasteiger partial charge in [0.25, 0.3) is 0 Å². The highest BCUT2D eigenvalue weighted by Crippen LogP contribution is 2.26. The fourth-order valence-corrected chi connectivity index (χ4v) is 2.03. The highest BCUT2D eigenvalue weighted by atomic mass is 35.5. The van der Waals surface area contributed by atoms with Gasteiger partial charge in [-0.2, -0.15) is 5.26 Å². The molecule has 0 aliphatic rings. The van der Waals surface area contributed by atoms with Crippen LogP contribution in [0.3, 0.4) is 0 Å². The molecule has 1 atom stereocenters. The molecule has 0 fully saturated rings. The lowest BCUT2D eigenvalue weighted by Gasteiger charge is -2.12. The Hall–Kier alpha value is -2.99. The van der Waals surface area contributed by atoms with E-state index in [1.54, 1.807) is 26.1 Å². The van der Waals surface area contributed by atoms with Gasteiger partial charge in [-0.15, -0.1) is 0 Å². The summed E-state index contributed by atoms with van der Waals surface area (Å²) >= 11 is 5.99. The van der Waals surface area contributed by atoms with Gasteiger partial charge in [-0.1, -0.05) is 11.6 Å². The first kappa shape index (κ1) is 26.0. The number of nitrogens with zero attached hydrogens (tertiary/aromatic N) is 1. The fraction of sp³-hybridized carbons (Fsp3) is 0.250. The Kier molecular flexibility index (Phi) is 13.4. The summed E-state index contributed by atoms with van der Waals surface area (Å²) in [5.74, 6) is -0.319. The Bertz CT molecular complexity index is 809. The van der Waals surface area contributed by atoms with E-state index in [2.05, 4.69) is 16.2 Å². The first-order valence-corrected chi connectivity index (χ1v) is 8.86. The van der Waals surface area contributed by atoms with Gasteiger partial charge >= 0.3 is 0 Å². The van der Waals surface area contributed by atoms with Gasteiger partial charge in [-0.3, -0.25) is 15.0 Å². The highest BCUT2D eigenvalue weighted by Gasteiger charge is 2.07. The predicted molar refractivity (Wildman–Crippen MR) is 111 cm³/mol. The van der Waals surface area contributed by atoms with Gasteiger partial charge in [0.15, 0.2) is 0 Å². The van der Waals surface area contributed by atoms with Crippen LogP contribution in [0.4, 0.5) is 10.1 Å². The molecule has 9 heteroatoms. The van der Waals surface area contributed by atoms with E-state index in [0.717, 1.165) is 11.3 Å². The molecule has 156 valence electrons. The van der Waals surface area contributed by atoms with Gasteiger partial charge in [-0.05, 0) is 55.8 Å². The normalized spacial score (nSPS) is 10.1. The van der Waals surface area contributed by atoms with Crippen LogP contribution in [0.25, 0.3) is 0 Å². The summed E-state index contributed by atoms with van der Waals surface area (Å²) < 4.78 is 12.1. The van der Waals surface area contributed by atoms with Crippen LogP contribution in [0.2, 0.25) is 5.02 Å². The molecule has 0 spiro atoms. The minimum atomic E-state index is -0.418. The van der Waals surface area contributed by atoms with Crippen molar-refractivity contribution >= 4 is 30.0 Å². The zero-order valence-electron chi connectivity index (χ0n) is 16.4. The van der Waals surface area contributed by atoms with E-state index < -0.39 is 6.10 Å². The number of aldehydes is 1. The van der Waals surface area contributed by atoms with Crippen molar-refractivity contribution in [2.24, 2.45) is 0 Å². The van der Waals surface area contributed by atoms with Crippen LogP contribution < -0.4 is 16.2 Å². The van der Waals surface area contributed by atoms with Gasteiger partial charge in [0.2, 0.25) is 6.41 Å². The molecule has 0 saturated carbocycles. The molecule has 29 heavy (non-hydrogen) atoms. The number of carbonyl (C=O) groups excluding carboxylic acids is 2. The second-order valence-corrected chi connectivity index (χ2v) is 6.00. The molecule has 0 heterocycles. The lowest BCUT2D eigenvalue weighted by Crippen LogP contribution is -2.24. The maximum Gasteiger partial charge on any atom is 0.221 e. The van der Waals surface area contributed by atoms with Gasteiger partial charge in [0, 0.05) is 24.8 Å². The molecule has 0 bridgehead atoms. The third-order valence-corrected chi connectivity index (χ3v) is 3.79. The number of aliphatic hydroxyl groups excluding tert-OH is 1. The molecule has 7 nitrogen and oxygen atoms in total. The Balaban J connectivity index is 0.000000473. The number of nitrogens with one attached hydrogen (secondary N) is 3. The largest absolute Gasteiger partial charge is 0.392 e. The van der Waals surface area contributed by atoms with Crippen molar-refractivity contribution in [2.75, 3.05) is 18.9 Å². The molecular formula is C20H24ClFN4O3. The Morgan fingerprint density at radius 1 is 1.24 bits per heavy atom. The van der Waals surface area contributed by atoms with Crippen molar-refractivity contribution in [1.29, 1.82) is 5.26 Å². The van der Waals surface area contributed by atoms with E-state index in [1.165, 1.54) is 24.3 Å². The third-order valence-electron chi connectivity index (χ3n) is 3.30. The predicted octanol–water partition coefficient (Wildman–Crippen LogP) is 2.82. The van der Waals surface area contributed by atoms with Crippen molar-refractivity contribution < 1.29 is 19.1 Å². The molecule has 2 rings (SSSR count). The quantitative estimate of drug-likeness (QED) is 0.420. The number of halogens is 2. The molecule has 1 amide bonds. The Morgan fingerprint density at radius 2 is 1.86 bits per heavy atom. The zero-order valence-corrected chi connectivity index (χ0v) is 17.1. The first-order valence-electron chi connectivity index (χ1n) is 8.48. The number of hydrazine groups is 1. The number of amides is 1. The van der Waals surface area contributed by atoms with E-state index in [-0.39, 0.29) is 5.82 Å². The number of carbonyl (C=O) groups is 2. The van der Waals surface area contributed by atoms with Crippen molar-refractivity contribution in [3.63, 3.8) is 0 Å². The van der Waals surface area contributed by atoms with E-state index in [9.17, 15) is 14.0 Å². The van der Waals surface area contributed by atoms with Gasteiger partial charge in [0.05, 0.1) is 16.7 Å².